The van der Waals surface area contributed by atoms with Crippen molar-refractivity contribution in [2.75, 3.05) is 20.3 Å². The number of methoxy groups -OCH3 is 1. The van der Waals surface area contributed by atoms with Crippen molar-refractivity contribution in [1.82, 2.24) is 4.90 Å². The van der Waals surface area contributed by atoms with Gasteiger partial charge in [0, 0.05) is 38.4 Å². The van der Waals surface area contributed by atoms with E-state index in [9.17, 15) is 0 Å². The number of hydrogen-bond donors (Lipinski definition) is 1. The molecular formula is C13H28N2O. The third-order valence-corrected chi connectivity index (χ3v) is 3.74. The molecule has 3 heteroatoms. The van der Waals surface area contributed by atoms with Crippen molar-refractivity contribution in [3.8, 4) is 0 Å². The quantitative estimate of drug-likeness (QED) is 0.707. The van der Waals surface area contributed by atoms with Crippen molar-refractivity contribution >= 4 is 0 Å². The van der Waals surface area contributed by atoms with E-state index in [-0.39, 0.29) is 0 Å². The van der Waals surface area contributed by atoms with Crippen LogP contribution in [0.4, 0.5) is 0 Å². The lowest BCUT2D eigenvalue weighted by atomic mass is 9.96. The molecule has 1 unspecified atom stereocenters. The molecule has 0 bridgehead atoms. The molecule has 0 amide bonds. The van der Waals surface area contributed by atoms with Gasteiger partial charge in [0.05, 0.1) is 0 Å². The summed E-state index contributed by atoms with van der Waals surface area (Å²) >= 11 is 0. The second-order valence-electron chi connectivity index (χ2n) is 5.22. The van der Waals surface area contributed by atoms with E-state index >= 15 is 0 Å². The van der Waals surface area contributed by atoms with E-state index < -0.39 is 0 Å². The Morgan fingerprint density at radius 2 is 1.94 bits per heavy atom. The van der Waals surface area contributed by atoms with Gasteiger partial charge in [-0.25, -0.2) is 0 Å². The zero-order valence-electron chi connectivity index (χ0n) is 11.1. The Morgan fingerprint density at radius 1 is 1.31 bits per heavy atom. The van der Waals surface area contributed by atoms with Gasteiger partial charge in [-0.3, -0.25) is 4.90 Å². The molecule has 3 nitrogen and oxygen atoms in total. The number of nitrogens with two attached hydrogens (primary N) is 1. The van der Waals surface area contributed by atoms with Crippen LogP contribution in [0.15, 0.2) is 0 Å². The van der Waals surface area contributed by atoms with Crippen molar-refractivity contribution in [2.24, 2.45) is 5.73 Å². The van der Waals surface area contributed by atoms with E-state index in [0.717, 1.165) is 26.0 Å². The zero-order valence-corrected chi connectivity index (χ0v) is 11.1. The fourth-order valence-electron chi connectivity index (χ4n) is 2.69. The first-order valence-electron chi connectivity index (χ1n) is 6.65. The maximum atomic E-state index is 6.17. The molecule has 0 aromatic rings. The highest BCUT2D eigenvalue weighted by Gasteiger charge is 2.25. The van der Waals surface area contributed by atoms with Crippen LogP contribution in [0.25, 0.3) is 0 Å². The zero-order chi connectivity index (χ0) is 12.0. The molecule has 1 aliphatic heterocycles. The molecule has 1 heterocycles. The second-order valence-corrected chi connectivity index (χ2v) is 5.22. The summed E-state index contributed by atoms with van der Waals surface area (Å²) in [5.41, 5.74) is 6.17. The van der Waals surface area contributed by atoms with Crippen molar-refractivity contribution < 1.29 is 4.74 Å². The number of piperidine rings is 1. The monoisotopic (exact) mass is 228 g/mol. The van der Waals surface area contributed by atoms with Crippen molar-refractivity contribution in [3.05, 3.63) is 0 Å². The summed E-state index contributed by atoms with van der Waals surface area (Å²) < 4.78 is 5.06. The van der Waals surface area contributed by atoms with Gasteiger partial charge in [-0.15, -0.1) is 0 Å². The third-order valence-electron chi connectivity index (χ3n) is 3.74. The van der Waals surface area contributed by atoms with E-state index in [2.05, 4.69) is 18.7 Å². The van der Waals surface area contributed by atoms with Gasteiger partial charge < -0.3 is 10.5 Å². The molecule has 0 aromatic heterocycles. The van der Waals surface area contributed by atoms with Crippen LogP contribution in [0.3, 0.4) is 0 Å². The molecule has 0 spiro atoms. The van der Waals surface area contributed by atoms with Crippen LogP contribution < -0.4 is 5.73 Å². The van der Waals surface area contributed by atoms with Crippen LogP contribution in [0.1, 0.15) is 46.0 Å². The molecule has 3 atom stereocenters. The first-order valence-corrected chi connectivity index (χ1v) is 6.65. The molecular weight excluding hydrogens is 200 g/mol. The Kier molecular flexibility index (Phi) is 6.32. The molecule has 0 saturated carbocycles. The van der Waals surface area contributed by atoms with Crippen LogP contribution >= 0.6 is 0 Å². The lowest BCUT2D eigenvalue weighted by molar-refractivity contribution is 0.0930. The van der Waals surface area contributed by atoms with Crippen LogP contribution in [-0.2, 0) is 4.74 Å². The fourth-order valence-corrected chi connectivity index (χ4v) is 2.69. The molecule has 0 aliphatic carbocycles. The molecule has 1 fully saturated rings. The normalized spacial score (nSPS) is 29.2. The molecule has 1 aliphatic rings. The lowest BCUT2D eigenvalue weighted by Gasteiger charge is -2.40. The van der Waals surface area contributed by atoms with Crippen LogP contribution in [0.2, 0.25) is 0 Å². The van der Waals surface area contributed by atoms with Gasteiger partial charge in [0.15, 0.2) is 0 Å². The fraction of sp³-hybridized carbons (Fsp3) is 1.00. The average molecular weight is 228 g/mol. The van der Waals surface area contributed by atoms with Crippen LogP contribution in [0.5, 0.6) is 0 Å². The SMILES string of the molecule is COCCCC(N)CN1[C@H](C)CCC[C@@H]1C. The van der Waals surface area contributed by atoms with Gasteiger partial charge in [-0.05, 0) is 39.5 Å². The highest BCUT2D eigenvalue weighted by Crippen LogP contribution is 2.22. The Morgan fingerprint density at radius 3 is 2.50 bits per heavy atom. The predicted molar refractivity (Wildman–Crippen MR) is 68.6 cm³/mol. The minimum absolute atomic E-state index is 0.304. The van der Waals surface area contributed by atoms with Gasteiger partial charge in [-0.1, -0.05) is 6.42 Å². The van der Waals surface area contributed by atoms with E-state index in [1.807, 2.05) is 0 Å². The van der Waals surface area contributed by atoms with Crippen molar-refractivity contribution in [3.63, 3.8) is 0 Å². The van der Waals surface area contributed by atoms with E-state index in [1.165, 1.54) is 19.3 Å². The van der Waals surface area contributed by atoms with E-state index in [1.54, 1.807) is 7.11 Å². The number of likely N-dealkylation sites (tertiary alicyclic amines) is 1. The van der Waals surface area contributed by atoms with Gasteiger partial charge in [0.25, 0.3) is 0 Å². The van der Waals surface area contributed by atoms with Gasteiger partial charge in [-0.2, -0.15) is 0 Å². The molecule has 2 N–H and O–H groups in total. The summed E-state index contributed by atoms with van der Waals surface area (Å²) in [5.74, 6) is 0. The molecule has 16 heavy (non-hydrogen) atoms. The summed E-state index contributed by atoms with van der Waals surface area (Å²) in [6.07, 6.45) is 6.18. The minimum Gasteiger partial charge on any atom is -0.385 e. The highest BCUT2D eigenvalue weighted by atomic mass is 16.5. The number of hydrogen-bond acceptors (Lipinski definition) is 3. The van der Waals surface area contributed by atoms with E-state index in [4.69, 9.17) is 10.5 Å². The maximum absolute atomic E-state index is 6.17. The Hall–Kier alpha value is -0.120. The minimum atomic E-state index is 0.304. The number of rotatable bonds is 6. The standard InChI is InChI=1S/C13H28N2O/c1-11-6-4-7-12(2)15(11)10-13(14)8-5-9-16-3/h11-13H,4-10,14H2,1-3H3/t11-,12+,13?. The first kappa shape index (κ1) is 13.9. The third kappa shape index (κ3) is 4.40. The Bertz CT molecular complexity index is 177. The second kappa shape index (κ2) is 7.25. The summed E-state index contributed by atoms with van der Waals surface area (Å²) in [6, 6.07) is 1.72. The molecule has 1 saturated heterocycles. The molecule has 0 aromatic carbocycles. The van der Waals surface area contributed by atoms with Gasteiger partial charge in [0.2, 0.25) is 0 Å². The average Bonchev–Trinajstić information content (AvgIpc) is 2.24. The van der Waals surface area contributed by atoms with Crippen molar-refractivity contribution in [2.45, 2.75) is 64.1 Å². The molecule has 0 radical (unpaired) electrons. The predicted octanol–water partition coefficient (Wildman–Crippen LogP) is 2.00. The number of nitrogens with zero attached hydrogens (tertiary/aromatic N) is 1. The largest absolute Gasteiger partial charge is 0.385 e. The first-order chi connectivity index (χ1) is 7.65. The summed E-state index contributed by atoms with van der Waals surface area (Å²) in [6.45, 7) is 6.54. The topological polar surface area (TPSA) is 38.5 Å². The van der Waals surface area contributed by atoms with Crippen molar-refractivity contribution in [1.29, 1.82) is 0 Å². The van der Waals surface area contributed by atoms with E-state index in [0.29, 0.717) is 18.1 Å². The Labute approximate surface area is 100 Å². The summed E-state index contributed by atoms with van der Waals surface area (Å²) in [5, 5.41) is 0. The van der Waals surface area contributed by atoms with Gasteiger partial charge in [0.1, 0.15) is 0 Å². The van der Waals surface area contributed by atoms with Crippen LogP contribution in [-0.4, -0.2) is 43.3 Å². The molecule has 1 rings (SSSR count). The molecule has 96 valence electrons. The lowest BCUT2D eigenvalue weighted by Crippen LogP contribution is -2.49. The maximum Gasteiger partial charge on any atom is 0.0462 e. The Balaban J connectivity index is 2.27. The van der Waals surface area contributed by atoms with Gasteiger partial charge >= 0.3 is 0 Å². The number of ether oxygens (including phenoxy) is 1. The summed E-state index contributed by atoms with van der Waals surface area (Å²) in [4.78, 5) is 2.58. The smallest absolute Gasteiger partial charge is 0.0462 e. The van der Waals surface area contributed by atoms with Crippen LogP contribution in [0, 0.1) is 0 Å². The summed E-state index contributed by atoms with van der Waals surface area (Å²) in [7, 11) is 1.75. The highest BCUT2D eigenvalue weighted by molar-refractivity contribution is 4.82.